The van der Waals surface area contributed by atoms with Gasteiger partial charge in [-0.15, -0.1) is 0 Å². The second-order valence-electron chi connectivity index (χ2n) is 4.36. The van der Waals surface area contributed by atoms with Gasteiger partial charge >= 0.3 is 0 Å². The molecular formula is C10H19N. The largest absolute Gasteiger partial charge is 0.320 e. The van der Waals surface area contributed by atoms with E-state index in [1.165, 1.54) is 25.8 Å². The highest BCUT2D eigenvalue weighted by molar-refractivity contribution is 5.04. The molecule has 1 heteroatoms. The van der Waals surface area contributed by atoms with E-state index >= 15 is 0 Å². The lowest BCUT2D eigenvalue weighted by atomic mass is 10.0. The van der Waals surface area contributed by atoms with E-state index in [1.54, 1.807) is 19.3 Å². The van der Waals surface area contributed by atoms with Gasteiger partial charge in [0.15, 0.2) is 0 Å². The summed E-state index contributed by atoms with van der Waals surface area (Å²) in [7, 11) is 2.06. The Balaban J connectivity index is 1.75. The zero-order chi connectivity index (χ0) is 7.73. The monoisotopic (exact) mass is 153 g/mol. The highest BCUT2D eigenvalue weighted by Gasteiger charge is 2.53. The first-order valence-corrected chi connectivity index (χ1v) is 5.02. The van der Waals surface area contributed by atoms with Crippen molar-refractivity contribution < 1.29 is 0 Å². The molecule has 0 amide bonds. The summed E-state index contributed by atoms with van der Waals surface area (Å²) >= 11 is 0. The molecule has 0 bridgehead atoms. The summed E-state index contributed by atoms with van der Waals surface area (Å²) in [5, 5.41) is 3.25. The van der Waals surface area contributed by atoms with Crippen molar-refractivity contribution in [3.05, 3.63) is 0 Å². The van der Waals surface area contributed by atoms with Crippen LogP contribution in [0, 0.1) is 11.3 Å². The summed E-state index contributed by atoms with van der Waals surface area (Å²) in [5.74, 6) is 1.09. The molecule has 0 heterocycles. The average molecular weight is 153 g/mol. The highest BCUT2D eigenvalue weighted by atomic mass is 14.8. The summed E-state index contributed by atoms with van der Waals surface area (Å²) in [5.41, 5.74) is 0.872. The second kappa shape index (κ2) is 2.78. The molecule has 2 aliphatic rings. The molecule has 0 aromatic heterocycles. The Morgan fingerprint density at radius 1 is 1.36 bits per heavy atom. The van der Waals surface area contributed by atoms with Gasteiger partial charge in [-0.25, -0.2) is 0 Å². The third kappa shape index (κ3) is 1.31. The summed E-state index contributed by atoms with van der Waals surface area (Å²) in [6, 6.07) is 0. The molecule has 1 nitrogen and oxygen atoms in total. The van der Waals surface area contributed by atoms with Crippen molar-refractivity contribution in [3.8, 4) is 0 Å². The number of rotatable bonds is 3. The van der Waals surface area contributed by atoms with Crippen LogP contribution in [0.25, 0.3) is 0 Å². The lowest BCUT2D eigenvalue weighted by Gasteiger charge is -2.06. The molecule has 2 saturated carbocycles. The topological polar surface area (TPSA) is 12.0 Å². The quantitative estimate of drug-likeness (QED) is 0.655. The van der Waals surface area contributed by atoms with Crippen LogP contribution in [0.5, 0.6) is 0 Å². The molecule has 1 N–H and O–H groups in total. The van der Waals surface area contributed by atoms with Crippen molar-refractivity contribution in [3.63, 3.8) is 0 Å². The van der Waals surface area contributed by atoms with Crippen molar-refractivity contribution in [2.24, 2.45) is 11.3 Å². The van der Waals surface area contributed by atoms with Crippen LogP contribution in [-0.4, -0.2) is 13.6 Å². The van der Waals surface area contributed by atoms with Crippen LogP contribution in [0.4, 0.5) is 0 Å². The summed E-state index contributed by atoms with van der Waals surface area (Å²) in [4.78, 5) is 0. The van der Waals surface area contributed by atoms with Crippen LogP contribution in [0.15, 0.2) is 0 Å². The lowest BCUT2D eigenvalue weighted by molar-refractivity contribution is 0.451. The van der Waals surface area contributed by atoms with E-state index in [1.807, 2.05) is 0 Å². The van der Waals surface area contributed by atoms with Gasteiger partial charge in [0.1, 0.15) is 0 Å². The van der Waals surface area contributed by atoms with Gasteiger partial charge in [0.25, 0.3) is 0 Å². The maximum Gasteiger partial charge on any atom is -0.00491 e. The van der Waals surface area contributed by atoms with Crippen molar-refractivity contribution in [1.29, 1.82) is 0 Å². The fourth-order valence-corrected chi connectivity index (χ4v) is 2.85. The van der Waals surface area contributed by atoms with Gasteiger partial charge < -0.3 is 5.32 Å². The molecule has 1 unspecified atom stereocenters. The SMILES string of the molecule is CNCCC1CC12CCCC2. The Morgan fingerprint density at radius 2 is 2.09 bits per heavy atom. The van der Waals surface area contributed by atoms with Crippen LogP contribution >= 0.6 is 0 Å². The predicted octanol–water partition coefficient (Wildman–Crippen LogP) is 2.18. The summed E-state index contributed by atoms with van der Waals surface area (Å²) < 4.78 is 0. The van der Waals surface area contributed by atoms with Gasteiger partial charge in [0.05, 0.1) is 0 Å². The maximum absolute atomic E-state index is 3.25. The Kier molecular flexibility index (Phi) is 1.92. The van der Waals surface area contributed by atoms with E-state index in [0.717, 1.165) is 11.3 Å². The predicted molar refractivity (Wildman–Crippen MR) is 47.6 cm³/mol. The highest BCUT2D eigenvalue weighted by Crippen LogP contribution is 2.63. The zero-order valence-corrected chi connectivity index (χ0v) is 7.53. The molecule has 0 saturated heterocycles. The van der Waals surface area contributed by atoms with Crippen molar-refractivity contribution >= 4 is 0 Å². The van der Waals surface area contributed by atoms with Crippen LogP contribution in [0.1, 0.15) is 38.5 Å². The first kappa shape index (κ1) is 7.60. The fraction of sp³-hybridized carbons (Fsp3) is 1.00. The number of nitrogens with one attached hydrogen (secondary N) is 1. The van der Waals surface area contributed by atoms with Gasteiger partial charge in [-0.1, -0.05) is 12.8 Å². The lowest BCUT2D eigenvalue weighted by Crippen LogP contribution is -2.10. The molecule has 0 aromatic carbocycles. The van der Waals surface area contributed by atoms with Crippen LogP contribution < -0.4 is 5.32 Å². The van der Waals surface area contributed by atoms with Crippen LogP contribution in [0.2, 0.25) is 0 Å². The van der Waals surface area contributed by atoms with Crippen LogP contribution in [0.3, 0.4) is 0 Å². The molecule has 0 aromatic rings. The van der Waals surface area contributed by atoms with E-state index in [2.05, 4.69) is 12.4 Å². The van der Waals surface area contributed by atoms with Crippen LogP contribution in [-0.2, 0) is 0 Å². The maximum atomic E-state index is 3.25. The van der Waals surface area contributed by atoms with Gasteiger partial charge in [0.2, 0.25) is 0 Å². The van der Waals surface area contributed by atoms with Gasteiger partial charge in [-0.2, -0.15) is 0 Å². The van der Waals surface area contributed by atoms with E-state index in [9.17, 15) is 0 Å². The number of hydrogen-bond acceptors (Lipinski definition) is 1. The molecule has 0 radical (unpaired) electrons. The summed E-state index contributed by atoms with van der Waals surface area (Å²) in [6.07, 6.45) is 9.08. The molecule has 64 valence electrons. The third-order valence-corrected chi connectivity index (χ3v) is 3.70. The van der Waals surface area contributed by atoms with Crippen molar-refractivity contribution in [1.82, 2.24) is 5.32 Å². The molecular weight excluding hydrogens is 134 g/mol. The Morgan fingerprint density at radius 3 is 2.73 bits per heavy atom. The molecule has 2 fully saturated rings. The van der Waals surface area contributed by atoms with Gasteiger partial charge in [-0.05, 0) is 50.6 Å². The van der Waals surface area contributed by atoms with E-state index < -0.39 is 0 Å². The van der Waals surface area contributed by atoms with Crippen molar-refractivity contribution in [2.45, 2.75) is 38.5 Å². The molecule has 2 aliphatic carbocycles. The standard InChI is InChI=1S/C10H19N/c1-11-7-4-9-8-10(9)5-2-3-6-10/h9,11H,2-8H2,1H3. The van der Waals surface area contributed by atoms with Gasteiger partial charge in [0, 0.05) is 0 Å². The minimum atomic E-state index is 0.872. The Bertz CT molecular complexity index is 136. The normalized spacial score (nSPS) is 33.0. The second-order valence-corrected chi connectivity index (χ2v) is 4.36. The minimum Gasteiger partial charge on any atom is -0.320 e. The molecule has 2 rings (SSSR count). The third-order valence-electron chi connectivity index (χ3n) is 3.70. The first-order chi connectivity index (χ1) is 5.37. The zero-order valence-electron chi connectivity index (χ0n) is 7.53. The Hall–Kier alpha value is -0.0400. The molecule has 1 atom stereocenters. The van der Waals surface area contributed by atoms with E-state index in [-0.39, 0.29) is 0 Å². The van der Waals surface area contributed by atoms with E-state index in [4.69, 9.17) is 0 Å². The number of hydrogen-bond donors (Lipinski definition) is 1. The van der Waals surface area contributed by atoms with E-state index in [0.29, 0.717) is 0 Å². The fourth-order valence-electron chi connectivity index (χ4n) is 2.85. The smallest absolute Gasteiger partial charge is 0.00491 e. The summed E-state index contributed by atoms with van der Waals surface area (Å²) in [6.45, 7) is 1.23. The average Bonchev–Trinajstić information content (AvgIpc) is 2.41. The first-order valence-electron chi connectivity index (χ1n) is 5.02. The Labute approximate surface area is 69.6 Å². The minimum absolute atomic E-state index is 0.872. The molecule has 1 spiro atoms. The van der Waals surface area contributed by atoms with Crippen molar-refractivity contribution in [2.75, 3.05) is 13.6 Å². The van der Waals surface area contributed by atoms with Gasteiger partial charge in [-0.3, -0.25) is 0 Å². The molecule has 11 heavy (non-hydrogen) atoms. The molecule has 0 aliphatic heterocycles.